The summed E-state index contributed by atoms with van der Waals surface area (Å²) in [6.07, 6.45) is 6.25. The molecule has 0 aromatic heterocycles. The summed E-state index contributed by atoms with van der Waals surface area (Å²) in [5, 5.41) is 0. The molecule has 1 heterocycles. The number of carbonyl (C=O) groups is 1. The van der Waals surface area contributed by atoms with Gasteiger partial charge in [-0.15, -0.1) is 0 Å². The van der Waals surface area contributed by atoms with Crippen LogP contribution in [0.15, 0.2) is 11.6 Å². The zero-order valence-electron chi connectivity index (χ0n) is 11.4. The number of hydrogen-bond donors (Lipinski definition) is 1. The van der Waals surface area contributed by atoms with Crippen molar-refractivity contribution in [1.82, 2.24) is 4.90 Å². The molecule has 98 valence electrons. The maximum Gasteiger partial charge on any atom is 0.225 e. The van der Waals surface area contributed by atoms with Crippen LogP contribution in [0.1, 0.15) is 46.5 Å². The Morgan fingerprint density at radius 3 is 2.76 bits per heavy atom. The Morgan fingerprint density at radius 2 is 2.18 bits per heavy atom. The standard InChI is InChI=1S/C14H26N2O/c1-11-6-5-9-16(10-11)14(17)12(2)7-4-8-13(3)15/h6,12-13H,4-5,7-10,15H2,1-3H3. The first-order valence-corrected chi connectivity index (χ1v) is 6.70. The molecular formula is C14H26N2O. The van der Waals surface area contributed by atoms with E-state index in [1.165, 1.54) is 5.57 Å². The van der Waals surface area contributed by atoms with Crippen LogP contribution in [0.4, 0.5) is 0 Å². The number of carbonyl (C=O) groups excluding carboxylic acids is 1. The summed E-state index contributed by atoms with van der Waals surface area (Å²) >= 11 is 0. The van der Waals surface area contributed by atoms with Crippen molar-refractivity contribution in [3.8, 4) is 0 Å². The second-order valence-electron chi connectivity index (χ2n) is 5.41. The smallest absolute Gasteiger partial charge is 0.225 e. The van der Waals surface area contributed by atoms with E-state index in [4.69, 9.17) is 5.73 Å². The maximum atomic E-state index is 12.2. The molecule has 1 rings (SSSR count). The van der Waals surface area contributed by atoms with Gasteiger partial charge in [0.05, 0.1) is 0 Å². The molecule has 1 aliphatic rings. The SMILES string of the molecule is CC1=CCCN(C(=O)C(C)CCCC(C)N)C1. The van der Waals surface area contributed by atoms with Crippen LogP contribution in [-0.2, 0) is 4.79 Å². The van der Waals surface area contributed by atoms with E-state index in [2.05, 4.69) is 13.0 Å². The topological polar surface area (TPSA) is 46.3 Å². The molecule has 0 aliphatic carbocycles. The van der Waals surface area contributed by atoms with E-state index < -0.39 is 0 Å². The summed E-state index contributed by atoms with van der Waals surface area (Å²) in [7, 11) is 0. The van der Waals surface area contributed by atoms with Crippen LogP contribution < -0.4 is 5.73 Å². The first-order chi connectivity index (χ1) is 8.00. The van der Waals surface area contributed by atoms with Gasteiger partial charge in [0.25, 0.3) is 0 Å². The highest BCUT2D eigenvalue weighted by atomic mass is 16.2. The van der Waals surface area contributed by atoms with Crippen molar-refractivity contribution >= 4 is 5.91 Å². The van der Waals surface area contributed by atoms with E-state index >= 15 is 0 Å². The van der Waals surface area contributed by atoms with Crippen molar-refractivity contribution in [3.63, 3.8) is 0 Å². The van der Waals surface area contributed by atoms with Crippen molar-refractivity contribution in [2.24, 2.45) is 11.7 Å². The molecule has 1 amide bonds. The lowest BCUT2D eigenvalue weighted by Crippen LogP contribution is -2.38. The van der Waals surface area contributed by atoms with Gasteiger partial charge in [-0.05, 0) is 33.1 Å². The summed E-state index contributed by atoms with van der Waals surface area (Å²) in [5.74, 6) is 0.446. The monoisotopic (exact) mass is 238 g/mol. The van der Waals surface area contributed by atoms with Crippen molar-refractivity contribution < 1.29 is 4.79 Å². The van der Waals surface area contributed by atoms with E-state index in [1.807, 2.05) is 18.7 Å². The summed E-state index contributed by atoms with van der Waals surface area (Å²) < 4.78 is 0. The quantitative estimate of drug-likeness (QED) is 0.747. The second-order valence-corrected chi connectivity index (χ2v) is 5.41. The molecule has 0 saturated carbocycles. The third-order valence-electron chi connectivity index (χ3n) is 3.36. The summed E-state index contributed by atoms with van der Waals surface area (Å²) in [4.78, 5) is 14.2. The van der Waals surface area contributed by atoms with Gasteiger partial charge in [0.15, 0.2) is 0 Å². The van der Waals surface area contributed by atoms with Gasteiger partial charge in [-0.25, -0.2) is 0 Å². The molecule has 3 nitrogen and oxygen atoms in total. The zero-order valence-corrected chi connectivity index (χ0v) is 11.4. The molecule has 0 saturated heterocycles. The van der Waals surface area contributed by atoms with Gasteiger partial charge in [0.1, 0.15) is 0 Å². The minimum absolute atomic E-state index is 0.139. The fraction of sp³-hybridized carbons (Fsp3) is 0.786. The molecule has 2 unspecified atom stereocenters. The lowest BCUT2D eigenvalue weighted by Gasteiger charge is -2.29. The first kappa shape index (κ1) is 14.2. The lowest BCUT2D eigenvalue weighted by molar-refractivity contribution is -0.135. The van der Waals surface area contributed by atoms with Crippen molar-refractivity contribution in [2.75, 3.05) is 13.1 Å². The van der Waals surface area contributed by atoms with Gasteiger partial charge in [-0.3, -0.25) is 4.79 Å². The van der Waals surface area contributed by atoms with Crippen molar-refractivity contribution in [1.29, 1.82) is 0 Å². The number of rotatable bonds is 5. The first-order valence-electron chi connectivity index (χ1n) is 6.70. The number of nitrogens with two attached hydrogens (primary N) is 1. The molecule has 1 aliphatic heterocycles. The average Bonchev–Trinajstić information content (AvgIpc) is 2.27. The molecular weight excluding hydrogens is 212 g/mol. The molecule has 0 spiro atoms. The van der Waals surface area contributed by atoms with Crippen LogP contribution in [-0.4, -0.2) is 29.9 Å². The van der Waals surface area contributed by atoms with Gasteiger partial charge < -0.3 is 10.6 Å². The van der Waals surface area contributed by atoms with Crippen LogP contribution in [0.25, 0.3) is 0 Å². The molecule has 0 bridgehead atoms. The summed E-state index contributed by atoms with van der Waals surface area (Å²) in [5.41, 5.74) is 7.03. The van der Waals surface area contributed by atoms with Gasteiger partial charge in [0, 0.05) is 25.0 Å². The molecule has 2 N–H and O–H groups in total. The molecule has 17 heavy (non-hydrogen) atoms. The lowest BCUT2D eigenvalue weighted by atomic mass is 9.99. The molecule has 3 heteroatoms. The van der Waals surface area contributed by atoms with Crippen molar-refractivity contribution in [2.45, 2.75) is 52.5 Å². The highest BCUT2D eigenvalue weighted by molar-refractivity contribution is 5.78. The highest BCUT2D eigenvalue weighted by Crippen LogP contribution is 2.16. The van der Waals surface area contributed by atoms with Gasteiger partial charge in [-0.1, -0.05) is 25.0 Å². The van der Waals surface area contributed by atoms with Crippen LogP contribution in [0, 0.1) is 5.92 Å². The van der Waals surface area contributed by atoms with Crippen LogP contribution in [0.3, 0.4) is 0 Å². The largest absolute Gasteiger partial charge is 0.338 e. The Morgan fingerprint density at radius 1 is 1.47 bits per heavy atom. The van der Waals surface area contributed by atoms with Gasteiger partial charge in [-0.2, -0.15) is 0 Å². The van der Waals surface area contributed by atoms with Crippen molar-refractivity contribution in [3.05, 3.63) is 11.6 Å². The van der Waals surface area contributed by atoms with Gasteiger partial charge >= 0.3 is 0 Å². The third-order valence-corrected chi connectivity index (χ3v) is 3.36. The fourth-order valence-electron chi connectivity index (χ4n) is 2.28. The normalized spacial score (nSPS) is 19.8. The summed E-state index contributed by atoms with van der Waals surface area (Å²) in [6, 6.07) is 0.248. The predicted octanol–water partition coefficient (Wildman–Crippen LogP) is 2.32. The van der Waals surface area contributed by atoms with Crippen LogP contribution >= 0.6 is 0 Å². The minimum Gasteiger partial charge on any atom is -0.338 e. The Hall–Kier alpha value is -0.830. The Balaban J connectivity index is 2.33. The maximum absolute atomic E-state index is 12.2. The molecule has 0 fully saturated rings. The fourth-order valence-corrected chi connectivity index (χ4v) is 2.28. The number of hydrogen-bond acceptors (Lipinski definition) is 2. The molecule has 0 aromatic carbocycles. The van der Waals surface area contributed by atoms with E-state index in [-0.39, 0.29) is 12.0 Å². The van der Waals surface area contributed by atoms with Gasteiger partial charge in [0.2, 0.25) is 5.91 Å². The average molecular weight is 238 g/mol. The minimum atomic E-state index is 0.139. The summed E-state index contributed by atoms with van der Waals surface area (Å²) in [6.45, 7) is 7.85. The zero-order chi connectivity index (χ0) is 12.8. The molecule has 2 atom stereocenters. The molecule has 0 aromatic rings. The molecule has 0 radical (unpaired) electrons. The number of amides is 1. The third kappa shape index (κ3) is 4.90. The Kier molecular flexibility index (Phi) is 5.69. The predicted molar refractivity (Wildman–Crippen MR) is 71.6 cm³/mol. The highest BCUT2D eigenvalue weighted by Gasteiger charge is 2.21. The Labute approximate surface area is 105 Å². The van der Waals surface area contributed by atoms with E-state index in [0.717, 1.165) is 38.8 Å². The second kappa shape index (κ2) is 6.80. The van der Waals surface area contributed by atoms with E-state index in [9.17, 15) is 4.79 Å². The van der Waals surface area contributed by atoms with Crippen LogP contribution in [0.2, 0.25) is 0 Å². The number of nitrogens with zero attached hydrogens (tertiary/aromatic N) is 1. The Bertz CT molecular complexity index is 284. The van der Waals surface area contributed by atoms with E-state index in [1.54, 1.807) is 0 Å². The van der Waals surface area contributed by atoms with Crippen LogP contribution in [0.5, 0.6) is 0 Å². The van der Waals surface area contributed by atoms with E-state index in [0.29, 0.717) is 5.91 Å².